The number of amides is 1. The van der Waals surface area contributed by atoms with Crippen LogP contribution in [0.2, 0.25) is 0 Å². The summed E-state index contributed by atoms with van der Waals surface area (Å²) in [6.07, 6.45) is -2.42. The van der Waals surface area contributed by atoms with E-state index in [4.69, 9.17) is 10.00 Å². The van der Waals surface area contributed by atoms with Crippen LogP contribution in [0.5, 0.6) is 5.75 Å². The molecule has 3 rings (SSSR count). The number of nitriles is 1. The van der Waals surface area contributed by atoms with Crippen LogP contribution in [0.15, 0.2) is 48.5 Å². The molecule has 1 aliphatic heterocycles. The summed E-state index contributed by atoms with van der Waals surface area (Å²) in [5.41, 5.74) is 0.403. The molecule has 26 heavy (non-hydrogen) atoms. The van der Waals surface area contributed by atoms with Gasteiger partial charge in [-0.25, -0.2) is 0 Å². The summed E-state index contributed by atoms with van der Waals surface area (Å²) in [6.45, 7) is 3.43. The minimum absolute atomic E-state index is 0.391. The second-order valence-corrected chi connectivity index (χ2v) is 6.81. The molecule has 1 heterocycles. The Hall–Kier alpha value is -2.88. The fourth-order valence-electron chi connectivity index (χ4n) is 3.04. The number of fused-ring (bicyclic) bond motifs is 1. The van der Waals surface area contributed by atoms with Crippen molar-refractivity contribution in [2.24, 2.45) is 0 Å². The molecule has 0 fully saturated rings. The van der Waals surface area contributed by atoms with Gasteiger partial charge in [-0.05, 0) is 37.6 Å². The van der Waals surface area contributed by atoms with Gasteiger partial charge in [0.1, 0.15) is 17.5 Å². The number of nitrogens with zero attached hydrogens (tertiary/aromatic N) is 1. The summed E-state index contributed by atoms with van der Waals surface area (Å²) >= 11 is 0. The van der Waals surface area contributed by atoms with Crippen LogP contribution in [-0.4, -0.2) is 27.8 Å². The Morgan fingerprint density at radius 2 is 1.96 bits per heavy atom. The van der Waals surface area contributed by atoms with Crippen molar-refractivity contribution in [2.45, 2.75) is 37.7 Å². The molecule has 3 atom stereocenters. The standard InChI is InChI=1S/C20H20N2O4/c1-20(2)18(24)16(14-10-12(11-21)8-9-15(14)26-20)22-19(25)17(23)13-6-4-3-5-7-13/h3-10,16-18,23-24H,1-2H3,(H,22,25)/t16-,17-,18+/m0/s1. The van der Waals surface area contributed by atoms with E-state index in [0.717, 1.165) is 0 Å². The van der Waals surface area contributed by atoms with Crippen molar-refractivity contribution in [3.05, 3.63) is 65.2 Å². The van der Waals surface area contributed by atoms with E-state index < -0.39 is 29.8 Å². The van der Waals surface area contributed by atoms with Gasteiger partial charge in [0.25, 0.3) is 5.91 Å². The first kappa shape index (κ1) is 17.9. The Kier molecular flexibility index (Phi) is 4.68. The average Bonchev–Trinajstić information content (AvgIpc) is 2.65. The van der Waals surface area contributed by atoms with Crippen LogP contribution >= 0.6 is 0 Å². The molecule has 0 aromatic heterocycles. The molecule has 2 aromatic rings. The van der Waals surface area contributed by atoms with Crippen LogP contribution in [0.3, 0.4) is 0 Å². The summed E-state index contributed by atoms with van der Waals surface area (Å²) in [5, 5.41) is 32.8. The van der Waals surface area contributed by atoms with Crippen LogP contribution < -0.4 is 10.1 Å². The van der Waals surface area contributed by atoms with Gasteiger partial charge in [0.15, 0.2) is 6.10 Å². The van der Waals surface area contributed by atoms with Crippen LogP contribution in [0.25, 0.3) is 0 Å². The van der Waals surface area contributed by atoms with E-state index >= 15 is 0 Å². The summed E-state index contributed by atoms with van der Waals surface area (Å²) in [6, 6.07) is 14.6. The number of nitrogens with one attached hydrogen (secondary N) is 1. The molecule has 0 bridgehead atoms. The van der Waals surface area contributed by atoms with Gasteiger partial charge in [-0.1, -0.05) is 30.3 Å². The molecule has 0 aliphatic carbocycles. The second kappa shape index (κ2) is 6.79. The highest BCUT2D eigenvalue weighted by molar-refractivity contribution is 5.82. The largest absolute Gasteiger partial charge is 0.485 e. The van der Waals surface area contributed by atoms with E-state index in [9.17, 15) is 15.0 Å². The van der Waals surface area contributed by atoms with Crippen molar-refractivity contribution in [3.63, 3.8) is 0 Å². The molecule has 134 valence electrons. The molecule has 0 saturated carbocycles. The molecular formula is C20H20N2O4. The number of aliphatic hydroxyl groups is 2. The molecule has 1 amide bonds. The number of carbonyl (C=O) groups is 1. The predicted molar refractivity (Wildman–Crippen MR) is 94.2 cm³/mol. The van der Waals surface area contributed by atoms with E-state index in [0.29, 0.717) is 22.4 Å². The Balaban J connectivity index is 1.93. The maximum atomic E-state index is 12.6. The molecule has 0 spiro atoms. The molecule has 1 aliphatic rings. The lowest BCUT2D eigenvalue weighted by molar-refractivity contribution is -0.134. The minimum Gasteiger partial charge on any atom is -0.485 e. The Bertz CT molecular complexity index is 858. The lowest BCUT2D eigenvalue weighted by Gasteiger charge is -2.42. The lowest BCUT2D eigenvalue weighted by Crippen LogP contribution is -2.54. The zero-order chi connectivity index (χ0) is 18.9. The van der Waals surface area contributed by atoms with Gasteiger partial charge in [-0.3, -0.25) is 4.79 Å². The average molecular weight is 352 g/mol. The maximum absolute atomic E-state index is 12.6. The third kappa shape index (κ3) is 3.27. The zero-order valence-corrected chi connectivity index (χ0v) is 14.5. The van der Waals surface area contributed by atoms with Crippen molar-refractivity contribution in [3.8, 4) is 11.8 Å². The van der Waals surface area contributed by atoms with Crippen LogP contribution in [0, 0.1) is 11.3 Å². The fraction of sp³-hybridized carbons (Fsp3) is 0.300. The second-order valence-electron chi connectivity index (χ2n) is 6.81. The highest BCUT2D eigenvalue weighted by atomic mass is 16.5. The summed E-state index contributed by atoms with van der Waals surface area (Å²) < 4.78 is 5.81. The first-order valence-corrected chi connectivity index (χ1v) is 8.28. The molecule has 6 heteroatoms. The van der Waals surface area contributed by atoms with Crippen molar-refractivity contribution in [2.75, 3.05) is 0 Å². The monoisotopic (exact) mass is 352 g/mol. The number of carbonyl (C=O) groups excluding carboxylic acids is 1. The topological polar surface area (TPSA) is 103 Å². The summed E-state index contributed by atoms with van der Waals surface area (Å²) in [5.74, 6) is -0.148. The first-order chi connectivity index (χ1) is 12.3. The SMILES string of the molecule is CC1(C)Oc2ccc(C#N)cc2[C@H](NC(=O)[C@@H](O)c2ccccc2)[C@H]1O. The number of benzene rings is 2. The number of hydrogen-bond acceptors (Lipinski definition) is 5. The summed E-state index contributed by atoms with van der Waals surface area (Å²) in [7, 11) is 0. The van der Waals surface area contributed by atoms with Gasteiger partial charge in [0, 0.05) is 5.56 Å². The highest BCUT2D eigenvalue weighted by Gasteiger charge is 2.44. The van der Waals surface area contributed by atoms with Gasteiger partial charge in [-0.15, -0.1) is 0 Å². The van der Waals surface area contributed by atoms with Gasteiger partial charge in [0.2, 0.25) is 0 Å². The van der Waals surface area contributed by atoms with Gasteiger partial charge in [0.05, 0.1) is 17.7 Å². The molecule has 0 unspecified atom stereocenters. The van der Waals surface area contributed by atoms with E-state index in [1.54, 1.807) is 62.4 Å². The van der Waals surface area contributed by atoms with E-state index in [-0.39, 0.29) is 0 Å². The predicted octanol–water partition coefficient (Wildman–Crippen LogP) is 1.98. The van der Waals surface area contributed by atoms with Crippen LogP contribution in [0.4, 0.5) is 0 Å². The Morgan fingerprint density at radius 1 is 1.27 bits per heavy atom. The van der Waals surface area contributed by atoms with Gasteiger partial charge in [-0.2, -0.15) is 5.26 Å². The van der Waals surface area contributed by atoms with E-state index in [1.807, 2.05) is 6.07 Å². The molecule has 3 N–H and O–H groups in total. The Labute approximate surface area is 151 Å². The Morgan fingerprint density at radius 3 is 2.62 bits per heavy atom. The molecule has 2 aromatic carbocycles. The molecule has 0 radical (unpaired) electrons. The normalized spacial score (nSPS) is 21.7. The van der Waals surface area contributed by atoms with Crippen LogP contribution in [-0.2, 0) is 4.79 Å². The molecule has 0 saturated heterocycles. The highest BCUT2D eigenvalue weighted by Crippen LogP contribution is 2.40. The quantitative estimate of drug-likeness (QED) is 0.784. The van der Waals surface area contributed by atoms with E-state index in [1.165, 1.54) is 0 Å². The minimum atomic E-state index is -1.36. The number of rotatable bonds is 3. The zero-order valence-electron chi connectivity index (χ0n) is 14.5. The van der Waals surface area contributed by atoms with E-state index in [2.05, 4.69) is 5.32 Å². The van der Waals surface area contributed by atoms with Gasteiger partial charge >= 0.3 is 0 Å². The van der Waals surface area contributed by atoms with Crippen molar-refractivity contribution in [1.29, 1.82) is 5.26 Å². The third-order valence-corrected chi connectivity index (χ3v) is 4.54. The van der Waals surface area contributed by atoms with Crippen molar-refractivity contribution in [1.82, 2.24) is 5.32 Å². The first-order valence-electron chi connectivity index (χ1n) is 8.28. The fourth-order valence-corrected chi connectivity index (χ4v) is 3.04. The number of ether oxygens (including phenoxy) is 1. The smallest absolute Gasteiger partial charge is 0.254 e. The molecule has 6 nitrogen and oxygen atoms in total. The molecular weight excluding hydrogens is 332 g/mol. The van der Waals surface area contributed by atoms with Crippen molar-refractivity contribution < 1.29 is 19.7 Å². The maximum Gasteiger partial charge on any atom is 0.254 e. The van der Waals surface area contributed by atoms with Crippen LogP contribution in [0.1, 0.15) is 42.7 Å². The van der Waals surface area contributed by atoms with Gasteiger partial charge < -0.3 is 20.3 Å². The third-order valence-electron chi connectivity index (χ3n) is 4.54. The number of hydrogen-bond donors (Lipinski definition) is 3. The van der Waals surface area contributed by atoms with Crippen molar-refractivity contribution >= 4 is 5.91 Å². The summed E-state index contributed by atoms with van der Waals surface area (Å²) in [4.78, 5) is 12.6. The number of aliphatic hydroxyl groups excluding tert-OH is 2. The lowest BCUT2D eigenvalue weighted by atomic mass is 9.85.